The summed E-state index contributed by atoms with van der Waals surface area (Å²) in [5.41, 5.74) is 1.70. The Morgan fingerprint density at radius 1 is 1.28 bits per heavy atom. The molecule has 0 amide bonds. The van der Waals surface area contributed by atoms with Crippen LogP contribution in [0.3, 0.4) is 0 Å². The molecule has 96 valence electrons. The summed E-state index contributed by atoms with van der Waals surface area (Å²) in [6.07, 6.45) is 1.68. The first-order chi connectivity index (χ1) is 8.54. The fourth-order valence-electron chi connectivity index (χ4n) is 2.75. The van der Waals surface area contributed by atoms with Crippen LogP contribution in [-0.4, -0.2) is 17.7 Å². The minimum Gasteiger partial charge on any atom is -0.375 e. The predicted octanol–water partition coefficient (Wildman–Crippen LogP) is 3.26. The van der Waals surface area contributed by atoms with Crippen LogP contribution in [0.2, 0.25) is 0 Å². The smallest absolute Gasteiger partial charge is 0.130 e. The number of nitrogens with zero attached hydrogens (tertiary/aromatic N) is 1. The lowest BCUT2D eigenvalue weighted by molar-refractivity contribution is -0.0452. The summed E-state index contributed by atoms with van der Waals surface area (Å²) in [5.74, 6) is 0. The predicted molar refractivity (Wildman–Crippen MR) is 72.4 cm³/mol. The van der Waals surface area contributed by atoms with Crippen molar-refractivity contribution in [3.05, 3.63) is 29.8 Å². The number of nitriles is 1. The summed E-state index contributed by atoms with van der Waals surface area (Å²) in [7, 11) is 0. The number of hydrogen-bond donors (Lipinski definition) is 1. The second-order valence-electron chi connectivity index (χ2n) is 5.30. The number of para-hydroxylation sites is 1. The molecule has 3 heteroatoms. The van der Waals surface area contributed by atoms with E-state index in [1.165, 1.54) is 5.56 Å². The van der Waals surface area contributed by atoms with E-state index in [0.717, 1.165) is 18.5 Å². The van der Waals surface area contributed by atoms with Crippen molar-refractivity contribution in [1.29, 1.82) is 5.26 Å². The molecule has 1 saturated heterocycles. The standard InChI is InChI=1S/C15H20N2O/c1-11-6-4-5-7-14(11)17-15(10-16)8-12(2)18-13(3)9-15/h4-7,12-13,17H,8-9H2,1-3H3. The molecule has 0 radical (unpaired) electrons. The second-order valence-corrected chi connectivity index (χ2v) is 5.30. The Morgan fingerprint density at radius 2 is 1.89 bits per heavy atom. The van der Waals surface area contributed by atoms with E-state index in [9.17, 15) is 5.26 Å². The molecule has 1 aliphatic heterocycles. The van der Waals surface area contributed by atoms with Crippen LogP contribution in [-0.2, 0) is 4.74 Å². The minimum absolute atomic E-state index is 0.116. The molecule has 0 spiro atoms. The van der Waals surface area contributed by atoms with Gasteiger partial charge in [-0.25, -0.2) is 0 Å². The van der Waals surface area contributed by atoms with Gasteiger partial charge < -0.3 is 10.1 Å². The average molecular weight is 244 g/mol. The molecule has 0 aliphatic carbocycles. The van der Waals surface area contributed by atoms with Crippen molar-refractivity contribution < 1.29 is 4.74 Å². The molecule has 1 fully saturated rings. The molecule has 2 rings (SSSR count). The molecule has 0 aromatic heterocycles. The number of anilines is 1. The largest absolute Gasteiger partial charge is 0.375 e. The first-order valence-electron chi connectivity index (χ1n) is 6.45. The molecule has 1 aromatic carbocycles. The molecule has 1 aliphatic rings. The van der Waals surface area contributed by atoms with Gasteiger partial charge in [-0.15, -0.1) is 0 Å². The Bertz CT molecular complexity index is 454. The topological polar surface area (TPSA) is 45.0 Å². The third-order valence-corrected chi connectivity index (χ3v) is 3.47. The Hall–Kier alpha value is -1.53. The number of ether oxygens (including phenoxy) is 1. The highest BCUT2D eigenvalue weighted by Crippen LogP contribution is 2.32. The Kier molecular flexibility index (Phi) is 3.58. The van der Waals surface area contributed by atoms with E-state index in [-0.39, 0.29) is 12.2 Å². The highest BCUT2D eigenvalue weighted by molar-refractivity contribution is 5.54. The highest BCUT2D eigenvalue weighted by Gasteiger charge is 2.39. The van der Waals surface area contributed by atoms with Crippen molar-refractivity contribution in [3.63, 3.8) is 0 Å². The maximum Gasteiger partial charge on any atom is 0.130 e. The zero-order valence-corrected chi connectivity index (χ0v) is 11.2. The van der Waals surface area contributed by atoms with Crippen LogP contribution in [0.4, 0.5) is 5.69 Å². The SMILES string of the molecule is Cc1ccccc1NC1(C#N)CC(C)OC(C)C1. The zero-order chi connectivity index (χ0) is 13.2. The molecular weight excluding hydrogens is 224 g/mol. The molecule has 1 N–H and O–H groups in total. The summed E-state index contributed by atoms with van der Waals surface area (Å²) in [4.78, 5) is 0. The number of hydrogen-bond acceptors (Lipinski definition) is 3. The quantitative estimate of drug-likeness (QED) is 0.868. The van der Waals surface area contributed by atoms with Crippen molar-refractivity contribution in [2.75, 3.05) is 5.32 Å². The molecule has 18 heavy (non-hydrogen) atoms. The minimum atomic E-state index is -0.511. The van der Waals surface area contributed by atoms with Crippen LogP contribution in [0, 0.1) is 18.3 Å². The van der Waals surface area contributed by atoms with Gasteiger partial charge in [0.05, 0.1) is 18.3 Å². The molecular formula is C15H20N2O. The van der Waals surface area contributed by atoms with Crippen LogP contribution < -0.4 is 5.32 Å². The van der Waals surface area contributed by atoms with Crippen LogP contribution in [0.1, 0.15) is 32.3 Å². The Morgan fingerprint density at radius 3 is 2.44 bits per heavy atom. The first kappa shape index (κ1) is 12.9. The van der Waals surface area contributed by atoms with E-state index in [1.807, 2.05) is 32.0 Å². The van der Waals surface area contributed by atoms with E-state index in [4.69, 9.17) is 4.74 Å². The highest BCUT2D eigenvalue weighted by atomic mass is 16.5. The van der Waals surface area contributed by atoms with Crippen LogP contribution in [0.25, 0.3) is 0 Å². The number of nitrogens with one attached hydrogen (secondary N) is 1. The van der Waals surface area contributed by atoms with E-state index >= 15 is 0 Å². The van der Waals surface area contributed by atoms with Crippen molar-refractivity contribution in [1.82, 2.24) is 0 Å². The lowest BCUT2D eigenvalue weighted by Crippen LogP contribution is -2.48. The van der Waals surface area contributed by atoms with Gasteiger partial charge in [-0.05, 0) is 32.4 Å². The lowest BCUT2D eigenvalue weighted by Gasteiger charge is -2.39. The van der Waals surface area contributed by atoms with Gasteiger partial charge in [0.1, 0.15) is 5.54 Å². The maximum absolute atomic E-state index is 9.56. The fourth-order valence-corrected chi connectivity index (χ4v) is 2.75. The molecule has 1 heterocycles. The van der Waals surface area contributed by atoms with Gasteiger partial charge in [0.25, 0.3) is 0 Å². The van der Waals surface area contributed by atoms with Crippen molar-refractivity contribution in [2.45, 2.75) is 51.4 Å². The van der Waals surface area contributed by atoms with Crippen LogP contribution >= 0.6 is 0 Å². The van der Waals surface area contributed by atoms with E-state index < -0.39 is 5.54 Å². The van der Waals surface area contributed by atoms with Gasteiger partial charge in [0, 0.05) is 18.5 Å². The van der Waals surface area contributed by atoms with E-state index in [2.05, 4.69) is 24.4 Å². The first-order valence-corrected chi connectivity index (χ1v) is 6.45. The van der Waals surface area contributed by atoms with Crippen molar-refractivity contribution in [3.8, 4) is 6.07 Å². The normalized spacial score (nSPS) is 31.7. The van der Waals surface area contributed by atoms with E-state index in [0.29, 0.717) is 0 Å². The van der Waals surface area contributed by atoms with Gasteiger partial charge in [-0.3, -0.25) is 0 Å². The van der Waals surface area contributed by atoms with Crippen LogP contribution in [0.5, 0.6) is 0 Å². The second kappa shape index (κ2) is 4.99. The Labute approximate surface area is 109 Å². The fraction of sp³-hybridized carbons (Fsp3) is 0.533. The average Bonchev–Trinajstić information content (AvgIpc) is 2.31. The van der Waals surface area contributed by atoms with Gasteiger partial charge >= 0.3 is 0 Å². The van der Waals surface area contributed by atoms with Gasteiger partial charge in [0.15, 0.2) is 0 Å². The maximum atomic E-state index is 9.56. The van der Waals surface area contributed by atoms with Crippen LogP contribution in [0.15, 0.2) is 24.3 Å². The molecule has 2 atom stereocenters. The molecule has 1 aromatic rings. The van der Waals surface area contributed by atoms with E-state index in [1.54, 1.807) is 0 Å². The molecule has 0 bridgehead atoms. The number of rotatable bonds is 2. The third kappa shape index (κ3) is 2.65. The monoisotopic (exact) mass is 244 g/mol. The summed E-state index contributed by atoms with van der Waals surface area (Å²) in [6, 6.07) is 10.5. The summed E-state index contributed by atoms with van der Waals surface area (Å²) in [6.45, 7) is 6.11. The number of benzene rings is 1. The number of aryl methyl sites for hydroxylation is 1. The summed E-state index contributed by atoms with van der Waals surface area (Å²) in [5, 5.41) is 13.0. The summed E-state index contributed by atoms with van der Waals surface area (Å²) >= 11 is 0. The lowest BCUT2D eigenvalue weighted by atomic mass is 9.85. The zero-order valence-electron chi connectivity index (χ0n) is 11.2. The molecule has 3 nitrogen and oxygen atoms in total. The Balaban J connectivity index is 2.24. The molecule has 0 saturated carbocycles. The van der Waals surface area contributed by atoms with Crippen molar-refractivity contribution in [2.24, 2.45) is 0 Å². The van der Waals surface area contributed by atoms with Gasteiger partial charge in [-0.1, -0.05) is 18.2 Å². The van der Waals surface area contributed by atoms with Crippen molar-refractivity contribution >= 4 is 5.69 Å². The van der Waals surface area contributed by atoms with Gasteiger partial charge in [0.2, 0.25) is 0 Å². The summed E-state index contributed by atoms with van der Waals surface area (Å²) < 4.78 is 5.72. The molecule has 2 unspecified atom stereocenters. The van der Waals surface area contributed by atoms with Gasteiger partial charge in [-0.2, -0.15) is 5.26 Å². The third-order valence-electron chi connectivity index (χ3n) is 3.47.